The van der Waals surface area contributed by atoms with Crippen LogP contribution in [0.25, 0.3) is 0 Å². The number of hydrogen-bond acceptors (Lipinski definition) is 3. The summed E-state index contributed by atoms with van der Waals surface area (Å²) in [5.74, 6) is 1.03. The predicted molar refractivity (Wildman–Crippen MR) is 88.6 cm³/mol. The Bertz CT molecular complexity index is 455. The molecule has 1 saturated heterocycles. The molecule has 0 amide bonds. The highest BCUT2D eigenvalue weighted by Gasteiger charge is 2.51. The molecule has 1 heterocycles. The molecule has 1 aromatic carbocycles. The molecular formula is C16H25BO2S. The molecule has 1 fully saturated rings. The highest BCUT2D eigenvalue weighted by Crippen LogP contribution is 2.36. The molecule has 2 rings (SSSR count). The summed E-state index contributed by atoms with van der Waals surface area (Å²) in [6.07, 6.45) is 0. The van der Waals surface area contributed by atoms with E-state index in [4.69, 9.17) is 9.31 Å². The van der Waals surface area contributed by atoms with E-state index < -0.39 is 0 Å². The summed E-state index contributed by atoms with van der Waals surface area (Å²) < 4.78 is 12.2. The van der Waals surface area contributed by atoms with Crippen LogP contribution in [-0.2, 0) is 15.1 Å². The zero-order chi connectivity index (χ0) is 15.0. The number of thioether (sulfide) groups is 1. The van der Waals surface area contributed by atoms with Crippen LogP contribution in [0.1, 0.15) is 47.1 Å². The second-order valence-electron chi connectivity index (χ2n) is 6.69. The monoisotopic (exact) mass is 292 g/mol. The van der Waals surface area contributed by atoms with Gasteiger partial charge in [0.25, 0.3) is 0 Å². The Morgan fingerprint density at radius 1 is 1.10 bits per heavy atom. The van der Waals surface area contributed by atoms with E-state index >= 15 is 0 Å². The van der Waals surface area contributed by atoms with Gasteiger partial charge in [-0.2, -0.15) is 11.8 Å². The van der Waals surface area contributed by atoms with E-state index in [0.29, 0.717) is 5.25 Å². The van der Waals surface area contributed by atoms with Crippen molar-refractivity contribution < 1.29 is 9.31 Å². The Kier molecular flexibility index (Phi) is 4.58. The van der Waals surface area contributed by atoms with Crippen molar-refractivity contribution in [2.24, 2.45) is 0 Å². The van der Waals surface area contributed by atoms with Crippen LogP contribution in [0.4, 0.5) is 0 Å². The Morgan fingerprint density at radius 3 is 2.25 bits per heavy atom. The summed E-state index contributed by atoms with van der Waals surface area (Å²) in [5.41, 5.74) is 1.89. The molecule has 20 heavy (non-hydrogen) atoms. The Labute approximate surface area is 127 Å². The third-order valence-corrected chi connectivity index (χ3v) is 5.23. The maximum absolute atomic E-state index is 6.10. The lowest BCUT2D eigenvalue weighted by molar-refractivity contribution is 0.00578. The Hall–Kier alpha value is -0.445. The smallest absolute Gasteiger partial charge is 0.399 e. The maximum atomic E-state index is 6.10. The lowest BCUT2D eigenvalue weighted by Gasteiger charge is -2.32. The first kappa shape index (κ1) is 15.9. The maximum Gasteiger partial charge on any atom is 0.494 e. The van der Waals surface area contributed by atoms with Gasteiger partial charge in [-0.15, -0.1) is 0 Å². The highest BCUT2D eigenvalue weighted by molar-refractivity contribution is 7.99. The van der Waals surface area contributed by atoms with Gasteiger partial charge in [0.15, 0.2) is 0 Å². The van der Waals surface area contributed by atoms with Crippen molar-refractivity contribution in [1.82, 2.24) is 0 Å². The van der Waals surface area contributed by atoms with Crippen molar-refractivity contribution in [1.29, 1.82) is 0 Å². The second kappa shape index (κ2) is 5.74. The molecule has 4 heteroatoms. The van der Waals surface area contributed by atoms with E-state index in [9.17, 15) is 0 Å². The molecule has 1 aliphatic rings. The molecule has 1 aromatic rings. The van der Waals surface area contributed by atoms with Crippen molar-refractivity contribution in [3.63, 3.8) is 0 Å². The third kappa shape index (κ3) is 3.41. The van der Waals surface area contributed by atoms with Gasteiger partial charge in [0.1, 0.15) is 0 Å². The molecule has 1 aliphatic heterocycles. The molecule has 0 atom stereocenters. The lowest BCUT2D eigenvalue weighted by Crippen LogP contribution is -2.41. The van der Waals surface area contributed by atoms with E-state index in [1.807, 2.05) is 11.8 Å². The topological polar surface area (TPSA) is 18.5 Å². The summed E-state index contributed by atoms with van der Waals surface area (Å²) in [4.78, 5) is 0. The number of benzene rings is 1. The zero-order valence-corrected chi connectivity index (χ0v) is 14.2. The summed E-state index contributed by atoms with van der Waals surface area (Å²) in [6.45, 7) is 12.8. The molecule has 0 spiro atoms. The van der Waals surface area contributed by atoms with Gasteiger partial charge < -0.3 is 9.31 Å². The molecular weight excluding hydrogens is 267 g/mol. The zero-order valence-electron chi connectivity index (χ0n) is 13.4. The first-order valence-corrected chi connectivity index (χ1v) is 8.32. The van der Waals surface area contributed by atoms with Crippen LogP contribution in [0.2, 0.25) is 0 Å². The van der Waals surface area contributed by atoms with E-state index in [1.54, 1.807) is 0 Å². The van der Waals surface area contributed by atoms with Gasteiger partial charge in [-0.05, 0) is 44.0 Å². The van der Waals surface area contributed by atoms with E-state index in [-0.39, 0.29) is 18.3 Å². The summed E-state index contributed by atoms with van der Waals surface area (Å²) >= 11 is 1.95. The van der Waals surface area contributed by atoms with E-state index in [1.165, 1.54) is 5.56 Å². The van der Waals surface area contributed by atoms with Crippen LogP contribution in [-0.4, -0.2) is 23.6 Å². The molecule has 0 N–H and O–H groups in total. The predicted octanol–water partition coefficient (Wildman–Crippen LogP) is 3.63. The van der Waals surface area contributed by atoms with Crippen LogP contribution < -0.4 is 5.46 Å². The molecule has 0 radical (unpaired) electrons. The van der Waals surface area contributed by atoms with Gasteiger partial charge in [0.2, 0.25) is 0 Å². The van der Waals surface area contributed by atoms with Crippen LogP contribution in [0, 0.1) is 0 Å². The number of hydrogen-bond donors (Lipinski definition) is 0. The first-order valence-electron chi connectivity index (χ1n) is 7.27. The molecule has 0 aliphatic carbocycles. The average molecular weight is 292 g/mol. The summed E-state index contributed by atoms with van der Waals surface area (Å²) in [6, 6.07) is 8.56. The van der Waals surface area contributed by atoms with Crippen molar-refractivity contribution in [2.75, 3.05) is 0 Å². The molecule has 0 saturated carbocycles. The fourth-order valence-electron chi connectivity index (χ4n) is 2.07. The highest BCUT2D eigenvalue weighted by atomic mass is 32.2. The molecule has 0 unspecified atom stereocenters. The third-order valence-electron chi connectivity index (χ3n) is 4.06. The SMILES string of the molecule is CC(C)SCc1cccc(B2OC(C)(C)C(C)(C)O2)c1. The standard InChI is InChI=1S/C16H25BO2S/c1-12(2)20-11-13-8-7-9-14(10-13)17-18-15(3,4)16(5,6)19-17/h7-10,12H,11H2,1-6H3. The molecule has 110 valence electrons. The Morgan fingerprint density at radius 2 is 1.70 bits per heavy atom. The van der Waals surface area contributed by atoms with Crippen molar-refractivity contribution in [3.8, 4) is 0 Å². The van der Waals surface area contributed by atoms with Gasteiger partial charge in [-0.1, -0.05) is 38.1 Å². The lowest BCUT2D eigenvalue weighted by atomic mass is 9.78. The molecule has 2 nitrogen and oxygen atoms in total. The second-order valence-corrected chi connectivity index (χ2v) is 8.26. The fraction of sp³-hybridized carbons (Fsp3) is 0.625. The summed E-state index contributed by atoms with van der Waals surface area (Å²) in [7, 11) is -0.260. The van der Waals surface area contributed by atoms with Crippen molar-refractivity contribution in [3.05, 3.63) is 29.8 Å². The first-order chi connectivity index (χ1) is 9.21. The quantitative estimate of drug-likeness (QED) is 0.790. The van der Waals surface area contributed by atoms with Crippen LogP contribution in [0.5, 0.6) is 0 Å². The van der Waals surface area contributed by atoms with Gasteiger partial charge in [0, 0.05) is 5.75 Å². The minimum absolute atomic E-state index is 0.260. The minimum Gasteiger partial charge on any atom is -0.399 e. The molecule has 0 aromatic heterocycles. The largest absolute Gasteiger partial charge is 0.494 e. The normalized spacial score (nSPS) is 20.6. The van der Waals surface area contributed by atoms with Gasteiger partial charge in [-0.3, -0.25) is 0 Å². The van der Waals surface area contributed by atoms with Crippen molar-refractivity contribution in [2.45, 2.75) is 63.7 Å². The van der Waals surface area contributed by atoms with Gasteiger partial charge in [-0.25, -0.2) is 0 Å². The average Bonchev–Trinajstić information content (AvgIpc) is 2.56. The van der Waals surface area contributed by atoms with Crippen LogP contribution in [0.3, 0.4) is 0 Å². The van der Waals surface area contributed by atoms with E-state index in [2.05, 4.69) is 65.8 Å². The molecule has 0 bridgehead atoms. The minimum atomic E-state index is -0.277. The number of rotatable bonds is 4. The van der Waals surface area contributed by atoms with Gasteiger partial charge >= 0.3 is 7.12 Å². The van der Waals surface area contributed by atoms with E-state index in [0.717, 1.165) is 11.2 Å². The Balaban J connectivity index is 2.12. The van der Waals surface area contributed by atoms with Crippen LogP contribution in [0.15, 0.2) is 24.3 Å². The van der Waals surface area contributed by atoms with Crippen molar-refractivity contribution >= 4 is 24.3 Å². The summed E-state index contributed by atoms with van der Waals surface area (Å²) in [5, 5.41) is 0.649. The van der Waals surface area contributed by atoms with Crippen LogP contribution >= 0.6 is 11.8 Å². The van der Waals surface area contributed by atoms with Gasteiger partial charge in [0.05, 0.1) is 11.2 Å². The fourth-order valence-corrected chi connectivity index (χ4v) is 2.78.